The van der Waals surface area contributed by atoms with Crippen molar-refractivity contribution in [3.63, 3.8) is 0 Å². The molecule has 0 radical (unpaired) electrons. The zero-order chi connectivity index (χ0) is 19.2. The predicted molar refractivity (Wildman–Crippen MR) is 103 cm³/mol. The summed E-state index contributed by atoms with van der Waals surface area (Å²) in [6.07, 6.45) is 0. The molecule has 0 unspecified atom stereocenters. The second kappa shape index (κ2) is 9.45. The van der Waals surface area contributed by atoms with Crippen LogP contribution in [0.25, 0.3) is 0 Å². The van der Waals surface area contributed by atoms with Gasteiger partial charge in [-0.3, -0.25) is 9.69 Å². The molecule has 1 aliphatic heterocycles. The van der Waals surface area contributed by atoms with E-state index in [1.54, 1.807) is 26.0 Å². The molecule has 1 saturated heterocycles. The van der Waals surface area contributed by atoms with Gasteiger partial charge in [-0.15, -0.1) is 0 Å². The first-order chi connectivity index (χ1) is 12.4. The molecular formula is C18H30N4O3S. The van der Waals surface area contributed by atoms with Crippen LogP contribution in [0.1, 0.15) is 29.8 Å². The van der Waals surface area contributed by atoms with E-state index in [1.807, 2.05) is 6.92 Å². The lowest BCUT2D eigenvalue weighted by Gasteiger charge is -2.27. The van der Waals surface area contributed by atoms with Crippen molar-refractivity contribution < 1.29 is 13.2 Å². The smallest absolute Gasteiger partial charge is 0.251 e. The van der Waals surface area contributed by atoms with Crippen LogP contribution in [-0.2, 0) is 10.0 Å². The molecule has 1 amide bonds. The molecule has 2 N–H and O–H groups in total. The number of benzene rings is 1. The van der Waals surface area contributed by atoms with Crippen molar-refractivity contribution in [2.24, 2.45) is 0 Å². The summed E-state index contributed by atoms with van der Waals surface area (Å²) >= 11 is 0. The van der Waals surface area contributed by atoms with E-state index in [9.17, 15) is 13.2 Å². The molecule has 26 heavy (non-hydrogen) atoms. The van der Waals surface area contributed by atoms with E-state index in [-0.39, 0.29) is 10.8 Å². The molecule has 0 saturated carbocycles. The van der Waals surface area contributed by atoms with Crippen LogP contribution in [0.4, 0.5) is 0 Å². The fraction of sp³-hybridized carbons (Fsp3) is 0.611. The normalized spacial score (nSPS) is 16.0. The van der Waals surface area contributed by atoms with Gasteiger partial charge in [-0.1, -0.05) is 19.9 Å². The topological polar surface area (TPSA) is 81.8 Å². The lowest BCUT2D eigenvalue weighted by atomic mass is 10.1. The molecular weight excluding hydrogens is 352 g/mol. The van der Waals surface area contributed by atoms with Crippen molar-refractivity contribution >= 4 is 15.9 Å². The summed E-state index contributed by atoms with van der Waals surface area (Å²) in [5.41, 5.74) is 1.18. The lowest BCUT2D eigenvalue weighted by molar-refractivity contribution is 0.0946. The Morgan fingerprint density at radius 2 is 1.88 bits per heavy atom. The number of rotatable bonds is 8. The molecule has 7 nitrogen and oxygen atoms in total. The van der Waals surface area contributed by atoms with E-state index in [0.717, 1.165) is 38.3 Å². The lowest BCUT2D eigenvalue weighted by Crippen LogP contribution is -2.46. The Hall–Kier alpha value is -1.48. The molecule has 1 aromatic rings. The quantitative estimate of drug-likeness (QED) is 0.690. The van der Waals surface area contributed by atoms with Crippen molar-refractivity contribution in [1.82, 2.24) is 19.8 Å². The average Bonchev–Trinajstić information content (AvgIpc) is 2.63. The van der Waals surface area contributed by atoms with Crippen LogP contribution >= 0.6 is 0 Å². The Morgan fingerprint density at radius 3 is 2.50 bits per heavy atom. The highest BCUT2D eigenvalue weighted by molar-refractivity contribution is 7.89. The zero-order valence-corrected chi connectivity index (χ0v) is 16.7. The van der Waals surface area contributed by atoms with Gasteiger partial charge in [0.05, 0.1) is 4.90 Å². The van der Waals surface area contributed by atoms with E-state index in [2.05, 4.69) is 15.5 Å². The number of hydrogen-bond donors (Lipinski definition) is 2. The molecule has 2 rings (SSSR count). The second-order valence-electron chi connectivity index (χ2n) is 6.41. The molecule has 1 heterocycles. The molecule has 1 aromatic carbocycles. The van der Waals surface area contributed by atoms with Gasteiger partial charge in [-0.25, -0.2) is 8.42 Å². The first-order valence-electron chi connectivity index (χ1n) is 9.22. The third-order valence-corrected chi connectivity index (χ3v) is 6.77. The van der Waals surface area contributed by atoms with Crippen molar-refractivity contribution in [3.8, 4) is 0 Å². The van der Waals surface area contributed by atoms with E-state index < -0.39 is 10.0 Å². The largest absolute Gasteiger partial charge is 0.351 e. The first-order valence-corrected chi connectivity index (χ1v) is 10.7. The molecule has 8 heteroatoms. The Balaban J connectivity index is 2.07. The monoisotopic (exact) mass is 382 g/mol. The van der Waals surface area contributed by atoms with Gasteiger partial charge in [0, 0.05) is 57.9 Å². The number of nitrogens with zero attached hydrogens (tertiary/aromatic N) is 2. The number of carbonyl (C=O) groups excluding carboxylic acids is 1. The maximum atomic E-state index is 12.7. The highest BCUT2D eigenvalue weighted by Crippen LogP contribution is 2.19. The van der Waals surface area contributed by atoms with Crippen LogP contribution in [0, 0.1) is 6.92 Å². The van der Waals surface area contributed by atoms with E-state index >= 15 is 0 Å². The summed E-state index contributed by atoms with van der Waals surface area (Å²) in [4.78, 5) is 15.0. The van der Waals surface area contributed by atoms with Gasteiger partial charge in [0.1, 0.15) is 0 Å². The predicted octanol–water partition coefficient (Wildman–Crippen LogP) is 0.661. The molecule has 1 fully saturated rings. The fourth-order valence-electron chi connectivity index (χ4n) is 3.08. The van der Waals surface area contributed by atoms with Crippen LogP contribution in [0.2, 0.25) is 0 Å². The van der Waals surface area contributed by atoms with Crippen LogP contribution in [0.3, 0.4) is 0 Å². The average molecular weight is 383 g/mol. The number of amides is 1. The van der Waals surface area contributed by atoms with Gasteiger partial charge in [-0.05, 0) is 24.6 Å². The highest BCUT2D eigenvalue weighted by Gasteiger charge is 2.23. The maximum absolute atomic E-state index is 12.7. The van der Waals surface area contributed by atoms with Crippen molar-refractivity contribution in [2.45, 2.75) is 25.7 Å². The Bertz CT molecular complexity index is 711. The molecule has 0 atom stereocenters. The first kappa shape index (κ1) is 20.8. The Kier molecular flexibility index (Phi) is 7.57. The van der Waals surface area contributed by atoms with Gasteiger partial charge >= 0.3 is 0 Å². The van der Waals surface area contributed by atoms with Gasteiger partial charge in [0.25, 0.3) is 5.91 Å². The Morgan fingerprint density at radius 1 is 1.23 bits per heavy atom. The molecule has 0 aromatic heterocycles. The standard InChI is InChI=1S/C18H30N4O3S/c1-4-22(5-2)26(24,25)16-7-6-15(3)17(14-16)18(23)20-10-13-21-11-8-19-9-12-21/h6-7,14,19H,4-5,8-13H2,1-3H3,(H,20,23). The summed E-state index contributed by atoms with van der Waals surface area (Å²) in [6, 6.07) is 4.76. The third-order valence-electron chi connectivity index (χ3n) is 4.72. The zero-order valence-electron chi connectivity index (χ0n) is 15.9. The molecule has 0 aliphatic carbocycles. The summed E-state index contributed by atoms with van der Waals surface area (Å²) in [5.74, 6) is -0.228. The van der Waals surface area contributed by atoms with Crippen molar-refractivity contribution in [3.05, 3.63) is 29.3 Å². The van der Waals surface area contributed by atoms with Crippen LogP contribution in [-0.4, -0.2) is 75.9 Å². The summed E-state index contributed by atoms with van der Waals surface area (Å²) < 4.78 is 26.8. The van der Waals surface area contributed by atoms with Crippen LogP contribution < -0.4 is 10.6 Å². The molecule has 0 bridgehead atoms. The Labute approximate surface area is 156 Å². The summed E-state index contributed by atoms with van der Waals surface area (Å²) in [6.45, 7) is 11.5. The minimum atomic E-state index is -3.57. The van der Waals surface area contributed by atoms with E-state index in [1.165, 1.54) is 10.4 Å². The minimum absolute atomic E-state index is 0.166. The van der Waals surface area contributed by atoms with Gasteiger partial charge in [0.2, 0.25) is 10.0 Å². The third kappa shape index (κ3) is 5.03. The van der Waals surface area contributed by atoms with Crippen LogP contribution in [0.5, 0.6) is 0 Å². The SMILES string of the molecule is CCN(CC)S(=O)(=O)c1ccc(C)c(C(=O)NCCN2CCNCC2)c1. The number of nitrogens with one attached hydrogen (secondary N) is 2. The van der Waals surface area contributed by atoms with Gasteiger partial charge in [0.15, 0.2) is 0 Å². The van der Waals surface area contributed by atoms with Crippen LogP contribution in [0.15, 0.2) is 23.1 Å². The molecule has 1 aliphatic rings. The van der Waals surface area contributed by atoms with Gasteiger partial charge in [-0.2, -0.15) is 4.31 Å². The highest BCUT2D eigenvalue weighted by atomic mass is 32.2. The minimum Gasteiger partial charge on any atom is -0.351 e. The summed E-state index contributed by atoms with van der Waals surface area (Å²) in [7, 11) is -3.57. The van der Waals surface area contributed by atoms with Crippen molar-refractivity contribution in [2.75, 3.05) is 52.4 Å². The van der Waals surface area contributed by atoms with Gasteiger partial charge < -0.3 is 10.6 Å². The van der Waals surface area contributed by atoms with Crippen molar-refractivity contribution in [1.29, 1.82) is 0 Å². The fourth-order valence-corrected chi connectivity index (χ4v) is 4.56. The number of sulfonamides is 1. The number of piperazine rings is 1. The number of aryl methyl sites for hydroxylation is 1. The number of carbonyl (C=O) groups is 1. The van der Waals surface area contributed by atoms with E-state index in [0.29, 0.717) is 25.2 Å². The molecule has 146 valence electrons. The van der Waals surface area contributed by atoms with E-state index in [4.69, 9.17) is 0 Å². The molecule has 0 spiro atoms. The number of hydrogen-bond acceptors (Lipinski definition) is 5. The second-order valence-corrected chi connectivity index (χ2v) is 8.35. The maximum Gasteiger partial charge on any atom is 0.251 e. The summed E-state index contributed by atoms with van der Waals surface area (Å²) in [5, 5.41) is 6.21.